The molecule has 2 aromatic carbocycles. The van der Waals surface area contributed by atoms with Crippen molar-refractivity contribution in [1.82, 2.24) is 0 Å². The van der Waals surface area contributed by atoms with Gasteiger partial charge in [-0.3, -0.25) is 0 Å². The fourth-order valence-electron chi connectivity index (χ4n) is 1.95. The Morgan fingerprint density at radius 2 is 1.37 bits per heavy atom. The summed E-state index contributed by atoms with van der Waals surface area (Å²) in [5.41, 5.74) is 4.54. The van der Waals surface area contributed by atoms with Gasteiger partial charge in [-0.05, 0) is 36.5 Å². The maximum Gasteiger partial charge on any atom is 0.0389 e. The summed E-state index contributed by atoms with van der Waals surface area (Å²) in [7, 11) is 0. The zero-order chi connectivity index (χ0) is 13.7. The highest BCUT2D eigenvalue weighted by Crippen LogP contribution is 2.19. The fraction of sp³-hybridized carbons (Fsp3) is 0.176. The molecular formula is C17H18N2. The molecule has 96 valence electrons. The van der Waals surface area contributed by atoms with Crippen molar-refractivity contribution in [1.29, 1.82) is 10.8 Å². The van der Waals surface area contributed by atoms with Crippen LogP contribution in [0.2, 0.25) is 0 Å². The third-order valence-corrected chi connectivity index (χ3v) is 3.09. The van der Waals surface area contributed by atoms with Crippen LogP contribution in [0.1, 0.15) is 25.3 Å². The van der Waals surface area contributed by atoms with Gasteiger partial charge in [0.05, 0.1) is 0 Å². The molecule has 0 saturated heterocycles. The quantitative estimate of drug-likeness (QED) is 0.732. The molecule has 2 heteroatoms. The van der Waals surface area contributed by atoms with Gasteiger partial charge in [0.1, 0.15) is 0 Å². The Hall–Kier alpha value is -2.22. The summed E-state index contributed by atoms with van der Waals surface area (Å²) in [5.74, 6) is 0. The van der Waals surface area contributed by atoms with E-state index < -0.39 is 0 Å². The SMILES string of the molecule is CC(=N)CCC(=N)c1ccc(-c2ccccc2)cc1. The molecule has 0 bridgehead atoms. The van der Waals surface area contributed by atoms with Gasteiger partial charge in [-0.15, -0.1) is 0 Å². The van der Waals surface area contributed by atoms with Crippen LogP contribution in [0, 0.1) is 10.8 Å². The molecule has 0 fully saturated rings. The zero-order valence-corrected chi connectivity index (χ0v) is 11.1. The first-order valence-corrected chi connectivity index (χ1v) is 6.44. The van der Waals surface area contributed by atoms with E-state index in [0.717, 1.165) is 5.56 Å². The van der Waals surface area contributed by atoms with Crippen molar-refractivity contribution in [2.45, 2.75) is 19.8 Å². The lowest BCUT2D eigenvalue weighted by molar-refractivity contribution is 1.10. The Morgan fingerprint density at radius 1 is 0.789 bits per heavy atom. The second-order valence-electron chi connectivity index (χ2n) is 4.70. The van der Waals surface area contributed by atoms with Gasteiger partial charge in [0.25, 0.3) is 0 Å². The lowest BCUT2D eigenvalue weighted by Crippen LogP contribution is -2.01. The van der Waals surface area contributed by atoms with Crippen LogP contribution >= 0.6 is 0 Å². The molecule has 2 rings (SSSR count). The van der Waals surface area contributed by atoms with Gasteiger partial charge in [-0.25, -0.2) is 0 Å². The number of benzene rings is 2. The van der Waals surface area contributed by atoms with Crippen molar-refractivity contribution in [2.75, 3.05) is 0 Å². The largest absolute Gasteiger partial charge is 0.310 e. The van der Waals surface area contributed by atoms with Gasteiger partial charge in [-0.1, -0.05) is 54.6 Å². The van der Waals surface area contributed by atoms with E-state index in [4.69, 9.17) is 10.8 Å². The molecule has 0 atom stereocenters. The van der Waals surface area contributed by atoms with Crippen LogP contribution in [-0.2, 0) is 0 Å². The number of rotatable bonds is 5. The predicted molar refractivity (Wildman–Crippen MR) is 81.3 cm³/mol. The number of nitrogens with one attached hydrogen (secondary N) is 2. The van der Waals surface area contributed by atoms with E-state index in [1.54, 1.807) is 6.92 Å². The van der Waals surface area contributed by atoms with Crippen LogP contribution < -0.4 is 0 Å². The normalized spacial score (nSPS) is 10.2. The summed E-state index contributed by atoms with van der Waals surface area (Å²) in [6.45, 7) is 1.78. The van der Waals surface area contributed by atoms with Crippen molar-refractivity contribution in [3.63, 3.8) is 0 Å². The summed E-state index contributed by atoms with van der Waals surface area (Å²) in [5, 5.41) is 15.4. The van der Waals surface area contributed by atoms with E-state index in [9.17, 15) is 0 Å². The highest BCUT2D eigenvalue weighted by molar-refractivity contribution is 6.00. The molecule has 19 heavy (non-hydrogen) atoms. The minimum Gasteiger partial charge on any atom is -0.310 e. The van der Waals surface area contributed by atoms with Crippen LogP contribution in [0.25, 0.3) is 11.1 Å². The summed E-state index contributed by atoms with van der Waals surface area (Å²) in [6.07, 6.45) is 1.30. The Bertz CT molecular complexity index is 568. The van der Waals surface area contributed by atoms with Crippen molar-refractivity contribution in [2.24, 2.45) is 0 Å². The first-order chi connectivity index (χ1) is 9.16. The van der Waals surface area contributed by atoms with Gasteiger partial charge in [0.15, 0.2) is 0 Å². The van der Waals surface area contributed by atoms with E-state index in [2.05, 4.69) is 24.3 Å². The van der Waals surface area contributed by atoms with Crippen LogP contribution in [0.15, 0.2) is 54.6 Å². The molecule has 2 N–H and O–H groups in total. The number of hydrogen-bond donors (Lipinski definition) is 2. The first-order valence-electron chi connectivity index (χ1n) is 6.44. The van der Waals surface area contributed by atoms with Crippen LogP contribution in [0.3, 0.4) is 0 Å². The molecule has 0 unspecified atom stereocenters. The standard InChI is InChI=1S/C17H18N2/c1-13(18)7-12-17(19)16-10-8-15(9-11-16)14-5-3-2-4-6-14/h2-6,8-11,18-19H,7,12H2,1H3. The highest BCUT2D eigenvalue weighted by atomic mass is 14.4. The minimum atomic E-state index is 0.603. The second kappa shape index (κ2) is 6.10. The molecule has 0 aliphatic heterocycles. The van der Waals surface area contributed by atoms with Gasteiger partial charge < -0.3 is 10.8 Å². The third kappa shape index (κ3) is 3.62. The minimum absolute atomic E-state index is 0.603. The van der Waals surface area contributed by atoms with Crippen LogP contribution in [0.5, 0.6) is 0 Å². The summed E-state index contributed by atoms with van der Waals surface area (Å²) in [4.78, 5) is 0. The Kier molecular flexibility index (Phi) is 4.24. The van der Waals surface area contributed by atoms with Gasteiger partial charge in [0, 0.05) is 11.4 Å². The summed E-state index contributed by atoms with van der Waals surface area (Å²) >= 11 is 0. The summed E-state index contributed by atoms with van der Waals surface area (Å²) in [6, 6.07) is 18.3. The summed E-state index contributed by atoms with van der Waals surface area (Å²) < 4.78 is 0. The molecule has 2 aromatic rings. The van der Waals surface area contributed by atoms with Crippen LogP contribution in [-0.4, -0.2) is 11.4 Å². The Morgan fingerprint density at radius 3 is 1.95 bits per heavy atom. The maximum atomic E-state index is 8.00. The highest BCUT2D eigenvalue weighted by Gasteiger charge is 2.03. The zero-order valence-electron chi connectivity index (χ0n) is 11.1. The van der Waals surface area contributed by atoms with Gasteiger partial charge in [-0.2, -0.15) is 0 Å². The van der Waals surface area contributed by atoms with Crippen LogP contribution in [0.4, 0.5) is 0 Å². The topological polar surface area (TPSA) is 47.7 Å². The van der Waals surface area contributed by atoms with Crippen molar-refractivity contribution < 1.29 is 0 Å². The second-order valence-corrected chi connectivity index (χ2v) is 4.70. The van der Waals surface area contributed by atoms with Crippen molar-refractivity contribution >= 4 is 11.4 Å². The smallest absolute Gasteiger partial charge is 0.0389 e. The molecule has 0 radical (unpaired) electrons. The molecule has 0 aliphatic rings. The monoisotopic (exact) mass is 250 g/mol. The average molecular weight is 250 g/mol. The lowest BCUT2D eigenvalue weighted by Gasteiger charge is -2.06. The molecule has 0 heterocycles. The fourth-order valence-corrected chi connectivity index (χ4v) is 1.95. The van der Waals surface area contributed by atoms with Crippen molar-refractivity contribution in [3.05, 3.63) is 60.2 Å². The van der Waals surface area contributed by atoms with Gasteiger partial charge >= 0.3 is 0 Å². The Balaban J connectivity index is 2.10. The molecular weight excluding hydrogens is 232 g/mol. The first kappa shape index (κ1) is 13.2. The van der Waals surface area contributed by atoms with E-state index in [-0.39, 0.29) is 0 Å². The van der Waals surface area contributed by atoms with E-state index in [0.29, 0.717) is 24.3 Å². The molecule has 0 spiro atoms. The third-order valence-electron chi connectivity index (χ3n) is 3.09. The van der Waals surface area contributed by atoms with E-state index in [1.807, 2.05) is 30.3 Å². The number of hydrogen-bond acceptors (Lipinski definition) is 2. The van der Waals surface area contributed by atoms with E-state index >= 15 is 0 Å². The molecule has 0 aromatic heterocycles. The van der Waals surface area contributed by atoms with Gasteiger partial charge in [0.2, 0.25) is 0 Å². The molecule has 0 amide bonds. The van der Waals surface area contributed by atoms with Crippen molar-refractivity contribution in [3.8, 4) is 11.1 Å². The molecule has 2 nitrogen and oxygen atoms in total. The average Bonchev–Trinajstić information content (AvgIpc) is 2.46. The maximum absolute atomic E-state index is 8.00. The van der Waals surface area contributed by atoms with E-state index in [1.165, 1.54) is 11.1 Å². The molecule has 0 aliphatic carbocycles. The lowest BCUT2D eigenvalue weighted by atomic mass is 10.00. The Labute approximate surface area is 114 Å². The predicted octanol–water partition coefficient (Wildman–Crippen LogP) is 4.54. The molecule has 0 saturated carbocycles.